The molecule has 6 amide bonds. The number of rotatable bonds is 40. The van der Waals surface area contributed by atoms with Crippen LogP contribution in [0.2, 0.25) is 0 Å². The molecule has 119 heavy (non-hydrogen) atoms. The van der Waals surface area contributed by atoms with Crippen molar-refractivity contribution in [2.75, 3.05) is 42.7 Å². The van der Waals surface area contributed by atoms with Crippen LogP contribution in [0, 0.1) is 35.5 Å². The van der Waals surface area contributed by atoms with Gasteiger partial charge in [-0.05, 0) is 193 Å². The smallest absolute Gasteiger partial charge is 0.272 e. The first-order chi connectivity index (χ1) is 57.6. The molecule has 12 rings (SSSR count). The average molecular weight is 1640 g/mol. The number of benzene rings is 3. The quantitative estimate of drug-likeness (QED) is 0.0209. The van der Waals surface area contributed by atoms with Crippen LogP contribution in [-0.2, 0) is 27.5 Å². The highest BCUT2D eigenvalue weighted by Gasteiger charge is 2.33. The minimum atomic E-state index is -0.255. The van der Waals surface area contributed by atoms with Crippen LogP contribution in [0.3, 0.4) is 0 Å². The monoisotopic (exact) mass is 1640 g/mol. The van der Waals surface area contributed by atoms with E-state index in [4.69, 9.17) is 43.7 Å². The molecular weight excluding hydrogens is 1500 g/mol. The van der Waals surface area contributed by atoms with Gasteiger partial charge < -0.3 is 60.3 Å². The molecule has 2 unspecified atom stereocenters. The maximum Gasteiger partial charge on any atom is 0.272 e. The Morgan fingerprint density at radius 2 is 0.681 bits per heavy atom. The molecule has 654 valence electrons. The standard InChI is InChI=1S/2C32H48N4O4.C31H46N4O4/c1-21(2)22(3)36-27(31-28(39-4)15-10-16-29(31)40-5)20-26(35-36)32(38)34-25(18-17-23-11-7-6-8-12-23)19-30(37)33-24-13-9-14-24;1-5-22(2)21-36-27(31-28(39-3)15-10-16-29(31)40-4)20-26(35-36)32(38)34-25(18-17-23-11-7-6-8-12-23)19-30(37)33-24-13-9-14-24;1-21(2)20-35-26(30-27(38-3)14-9-15-28(30)39-4)19-25(34-35)31(37)33-24(17-16-22-10-6-5-7-11-22)18-29(36)32-23-12-8-13-23/h10,15-16,20-25H,6-9,11-14,17-19H2,1-5H3,(H,33,37)(H,34,38);10,15-16,20,22-25H,5-9,11-14,17-19,21H2,1-4H3,(H,33,37)(H,34,38);9,14-15,19,21-24H,5-8,10-13,16-18,20H2,1-4H3,(H,32,36)(H,33,37)/t2*22?,25-;24-/m000/s1. The van der Waals surface area contributed by atoms with E-state index in [0.29, 0.717) is 114 Å². The number of nitrogens with zero attached hydrogens (tertiary/aromatic N) is 6. The number of carbonyl (C=O) groups is 6. The highest BCUT2D eigenvalue weighted by atomic mass is 16.5. The molecule has 6 fully saturated rings. The Hall–Kier alpha value is -9.09. The number of carbonyl (C=O) groups excluding carboxylic acids is 6. The zero-order valence-corrected chi connectivity index (χ0v) is 74.0. The van der Waals surface area contributed by atoms with Crippen LogP contribution in [0.5, 0.6) is 34.5 Å². The molecule has 0 saturated heterocycles. The fourth-order valence-corrected chi connectivity index (χ4v) is 17.5. The van der Waals surface area contributed by atoms with Crippen molar-refractivity contribution in [1.82, 2.24) is 61.2 Å². The van der Waals surface area contributed by atoms with Gasteiger partial charge in [0.15, 0.2) is 17.1 Å². The Kier molecular flexibility index (Phi) is 36.1. The van der Waals surface area contributed by atoms with Crippen LogP contribution in [0.1, 0.15) is 304 Å². The molecule has 6 saturated carbocycles. The Balaban J connectivity index is 0.000000188. The molecule has 0 aliphatic heterocycles. The topological polar surface area (TPSA) is 283 Å². The Morgan fingerprint density at radius 1 is 0.387 bits per heavy atom. The second-order valence-electron chi connectivity index (χ2n) is 35.5. The van der Waals surface area contributed by atoms with E-state index in [1.807, 2.05) is 86.8 Å². The first-order valence-electron chi connectivity index (χ1n) is 45.3. The lowest BCUT2D eigenvalue weighted by Crippen LogP contribution is -2.44. The van der Waals surface area contributed by atoms with E-state index >= 15 is 0 Å². The predicted molar refractivity (Wildman–Crippen MR) is 469 cm³/mol. The number of hydrogen-bond donors (Lipinski definition) is 6. The van der Waals surface area contributed by atoms with Crippen molar-refractivity contribution in [3.05, 3.63) is 89.9 Å². The van der Waals surface area contributed by atoms with Crippen LogP contribution in [0.25, 0.3) is 33.8 Å². The van der Waals surface area contributed by atoms with Crippen LogP contribution in [0.15, 0.2) is 72.8 Å². The summed E-state index contributed by atoms with van der Waals surface area (Å²) in [5.74, 6) is 6.29. The van der Waals surface area contributed by atoms with Gasteiger partial charge in [-0.25, -0.2) is 0 Å². The normalized spacial score (nSPS) is 17.4. The number of aromatic nitrogens is 6. The lowest BCUT2D eigenvalue weighted by molar-refractivity contribution is -0.123. The molecule has 3 aromatic heterocycles. The van der Waals surface area contributed by atoms with Gasteiger partial charge in [0.2, 0.25) is 17.7 Å². The highest BCUT2D eigenvalue weighted by Crippen LogP contribution is 2.44. The summed E-state index contributed by atoms with van der Waals surface area (Å²) in [5.41, 5.74) is 5.62. The first kappa shape index (κ1) is 92.2. The highest BCUT2D eigenvalue weighted by molar-refractivity contribution is 5.96. The van der Waals surface area contributed by atoms with Gasteiger partial charge in [-0.2, -0.15) is 15.3 Å². The molecule has 6 N–H and O–H groups in total. The van der Waals surface area contributed by atoms with Gasteiger partial charge in [0, 0.05) is 68.6 Å². The molecule has 5 atom stereocenters. The van der Waals surface area contributed by atoms with Crippen LogP contribution < -0.4 is 60.3 Å². The summed E-state index contributed by atoms with van der Waals surface area (Å²) >= 11 is 0. The molecule has 24 heteroatoms. The molecule has 24 nitrogen and oxygen atoms in total. The molecule has 6 aliphatic rings. The van der Waals surface area contributed by atoms with Crippen molar-refractivity contribution in [3.63, 3.8) is 0 Å². The SMILES string of the molecule is CCC(C)Cn1nc(C(=O)N[C@@H](CCC2CCCCC2)CC(=O)NC2CCC2)cc1-c1c(OC)cccc1OC.COc1cccc(OC)c1-c1cc(C(=O)N[C@@H](CCC2CCCCC2)CC(=O)NC2CCC2)nn1C(C)C(C)C.COc1cccc(OC)c1-c1cc(C(=O)N[C@@H](CCC2CCCCC2)CC(=O)NC2CCC2)nn1CC(C)C. The third kappa shape index (κ3) is 26.7. The maximum atomic E-state index is 13.7. The summed E-state index contributed by atoms with van der Waals surface area (Å²) in [5, 5.41) is 33.3. The fraction of sp³-hybridized carbons (Fsp3) is 0.653. The first-order valence-corrected chi connectivity index (χ1v) is 45.3. The molecule has 3 aromatic carbocycles. The molecule has 6 aromatic rings. The largest absolute Gasteiger partial charge is 0.496 e. The van der Waals surface area contributed by atoms with Crippen molar-refractivity contribution >= 4 is 35.4 Å². The number of nitrogens with one attached hydrogen (secondary N) is 6. The summed E-state index contributed by atoms with van der Waals surface area (Å²) < 4.78 is 39.7. The number of hydrogen-bond acceptors (Lipinski definition) is 15. The van der Waals surface area contributed by atoms with Crippen LogP contribution in [0.4, 0.5) is 0 Å². The number of amides is 6. The molecule has 0 bridgehead atoms. The van der Waals surface area contributed by atoms with E-state index in [1.54, 1.807) is 42.7 Å². The van der Waals surface area contributed by atoms with Gasteiger partial charge in [0.25, 0.3) is 17.7 Å². The number of methoxy groups -OCH3 is 6. The van der Waals surface area contributed by atoms with Gasteiger partial charge in [-0.3, -0.25) is 42.8 Å². The summed E-state index contributed by atoms with van der Waals surface area (Å²) in [6, 6.07) is 22.6. The van der Waals surface area contributed by atoms with Gasteiger partial charge in [-0.15, -0.1) is 0 Å². The molecule has 3 heterocycles. The van der Waals surface area contributed by atoms with Gasteiger partial charge in [-0.1, -0.05) is 162 Å². The lowest BCUT2D eigenvalue weighted by Gasteiger charge is -2.28. The third-order valence-electron chi connectivity index (χ3n) is 25.8. The van der Waals surface area contributed by atoms with Crippen molar-refractivity contribution in [3.8, 4) is 68.3 Å². The average Bonchev–Trinajstić information content (AvgIpc) is 1.67. The number of ether oxygens (including phenoxy) is 6. The van der Waals surface area contributed by atoms with Crippen molar-refractivity contribution in [1.29, 1.82) is 0 Å². The summed E-state index contributed by atoms with van der Waals surface area (Å²) in [6.07, 6.45) is 36.3. The Morgan fingerprint density at radius 3 is 0.958 bits per heavy atom. The van der Waals surface area contributed by atoms with Gasteiger partial charge in [0.1, 0.15) is 34.5 Å². The van der Waals surface area contributed by atoms with Crippen LogP contribution >= 0.6 is 0 Å². The molecule has 6 aliphatic carbocycles. The maximum absolute atomic E-state index is 13.7. The van der Waals surface area contributed by atoms with Gasteiger partial charge in [0.05, 0.1) is 82.5 Å². The van der Waals surface area contributed by atoms with Crippen molar-refractivity contribution in [2.45, 2.75) is 322 Å². The second-order valence-corrected chi connectivity index (χ2v) is 35.5. The van der Waals surface area contributed by atoms with E-state index in [0.717, 1.165) is 117 Å². The minimum absolute atomic E-state index is 0.0250. The lowest BCUT2D eigenvalue weighted by atomic mass is 9.85. The summed E-state index contributed by atoms with van der Waals surface area (Å²) in [7, 11) is 9.77. The Bertz CT molecular complexity index is 4120. The van der Waals surface area contributed by atoms with E-state index < -0.39 is 0 Å². The molecule has 0 spiro atoms. The zero-order chi connectivity index (χ0) is 84.9. The summed E-state index contributed by atoms with van der Waals surface area (Å²) in [6.45, 7) is 16.2. The Labute approximate surface area is 708 Å². The van der Waals surface area contributed by atoms with E-state index in [1.165, 1.54) is 116 Å². The molecule has 0 radical (unpaired) electrons. The third-order valence-corrected chi connectivity index (χ3v) is 25.8. The minimum Gasteiger partial charge on any atom is -0.496 e. The second kappa shape index (κ2) is 46.6. The van der Waals surface area contributed by atoms with Crippen LogP contribution in [-0.4, -0.2) is 144 Å². The van der Waals surface area contributed by atoms with Gasteiger partial charge >= 0.3 is 0 Å². The summed E-state index contributed by atoms with van der Waals surface area (Å²) in [4.78, 5) is 79.5. The van der Waals surface area contributed by atoms with Crippen molar-refractivity contribution in [2.24, 2.45) is 35.5 Å². The fourth-order valence-electron chi connectivity index (χ4n) is 17.5. The zero-order valence-electron chi connectivity index (χ0n) is 74.0. The van der Waals surface area contributed by atoms with E-state index in [9.17, 15) is 28.8 Å². The van der Waals surface area contributed by atoms with E-state index in [2.05, 4.69) is 80.4 Å². The molecular formula is C95H142N12O12. The predicted octanol–water partition coefficient (Wildman–Crippen LogP) is 18.2. The van der Waals surface area contributed by atoms with E-state index in [-0.39, 0.29) is 83.7 Å². The van der Waals surface area contributed by atoms with Crippen molar-refractivity contribution < 1.29 is 57.2 Å².